The summed E-state index contributed by atoms with van der Waals surface area (Å²) in [4.78, 5) is 15.9. The first-order valence-corrected chi connectivity index (χ1v) is 6.72. The summed E-state index contributed by atoms with van der Waals surface area (Å²) in [5, 5.41) is 18.0. The highest BCUT2D eigenvalue weighted by molar-refractivity contribution is 6.34. The monoisotopic (exact) mass is 305 g/mol. The lowest BCUT2D eigenvalue weighted by atomic mass is 10.2. The van der Waals surface area contributed by atoms with Crippen LogP contribution in [-0.4, -0.2) is 35.5 Å². The van der Waals surface area contributed by atoms with Crippen molar-refractivity contribution in [1.29, 1.82) is 0 Å². The Balaban J connectivity index is 2.35. The van der Waals surface area contributed by atoms with E-state index in [1.807, 2.05) is 6.92 Å². The van der Waals surface area contributed by atoms with Crippen LogP contribution in [0.25, 0.3) is 17.0 Å². The zero-order valence-corrected chi connectivity index (χ0v) is 12.2. The average molecular weight is 306 g/mol. The van der Waals surface area contributed by atoms with Crippen LogP contribution in [0.15, 0.2) is 18.3 Å². The van der Waals surface area contributed by atoms with Crippen LogP contribution in [0, 0.1) is 6.92 Å². The van der Waals surface area contributed by atoms with Gasteiger partial charge in [-0.05, 0) is 26.0 Å². The van der Waals surface area contributed by atoms with Gasteiger partial charge in [-0.2, -0.15) is 10.2 Å². The maximum absolute atomic E-state index is 11.5. The van der Waals surface area contributed by atoms with Gasteiger partial charge >= 0.3 is 5.97 Å². The maximum atomic E-state index is 11.5. The highest BCUT2D eigenvalue weighted by atomic mass is 35.5. The molecule has 0 saturated heterocycles. The zero-order valence-electron chi connectivity index (χ0n) is 11.4. The number of fused-ring (bicyclic) bond motifs is 1. The van der Waals surface area contributed by atoms with Crippen molar-refractivity contribution < 1.29 is 9.90 Å². The summed E-state index contributed by atoms with van der Waals surface area (Å²) in [7, 11) is 0. The number of carbonyl (C=O) groups is 1. The predicted molar refractivity (Wildman–Crippen MR) is 76.6 cm³/mol. The Morgan fingerprint density at radius 3 is 2.90 bits per heavy atom. The maximum Gasteiger partial charge on any atom is 0.354 e. The zero-order chi connectivity index (χ0) is 15.1. The second-order valence-electron chi connectivity index (χ2n) is 4.50. The molecule has 0 unspecified atom stereocenters. The summed E-state index contributed by atoms with van der Waals surface area (Å²) >= 11 is 6.16. The van der Waals surface area contributed by atoms with Crippen molar-refractivity contribution in [3.63, 3.8) is 0 Å². The lowest BCUT2D eigenvalue weighted by Gasteiger charge is -2.07. The standard InChI is InChI=1S/C13H12ClN5O2/c1-3-18-9(4-5-15-18)8-6-10(13(20)21)19-12(16-8)11(14)7(2)17-19/h4-6H,3H2,1-2H3,(H,20,21). The Kier molecular flexibility index (Phi) is 3.13. The van der Waals surface area contributed by atoms with E-state index in [-0.39, 0.29) is 5.69 Å². The first kappa shape index (κ1) is 13.6. The molecule has 0 fully saturated rings. The quantitative estimate of drug-likeness (QED) is 0.802. The molecule has 0 saturated carbocycles. The Morgan fingerprint density at radius 1 is 1.48 bits per heavy atom. The van der Waals surface area contributed by atoms with Crippen molar-refractivity contribution >= 4 is 23.2 Å². The van der Waals surface area contributed by atoms with E-state index >= 15 is 0 Å². The number of carboxylic acid groups (broad SMARTS) is 1. The number of halogens is 1. The van der Waals surface area contributed by atoms with E-state index in [1.54, 1.807) is 23.9 Å². The molecule has 0 spiro atoms. The van der Waals surface area contributed by atoms with Gasteiger partial charge in [-0.1, -0.05) is 11.6 Å². The van der Waals surface area contributed by atoms with Gasteiger partial charge in [0.15, 0.2) is 11.3 Å². The first-order valence-electron chi connectivity index (χ1n) is 6.34. The number of aromatic nitrogens is 5. The minimum absolute atomic E-state index is 0.00820. The molecular formula is C13H12ClN5O2. The van der Waals surface area contributed by atoms with Gasteiger partial charge in [-0.15, -0.1) is 0 Å². The summed E-state index contributed by atoms with van der Waals surface area (Å²) in [5.41, 5.74) is 2.10. The highest BCUT2D eigenvalue weighted by Gasteiger charge is 2.19. The molecule has 3 aromatic heterocycles. The third kappa shape index (κ3) is 2.06. The number of hydrogen-bond donors (Lipinski definition) is 1. The summed E-state index contributed by atoms with van der Waals surface area (Å²) in [6.07, 6.45) is 1.65. The van der Waals surface area contributed by atoms with E-state index < -0.39 is 5.97 Å². The number of aryl methyl sites for hydroxylation is 2. The van der Waals surface area contributed by atoms with Crippen LogP contribution >= 0.6 is 11.6 Å². The largest absolute Gasteiger partial charge is 0.477 e. The Bertz CT molecular complexity index is 852. The lowest BCUT2D eigenvalue weighted by molar-refractivity contribution is 0.0687. The Morgan fingerprint density at radius 2 is 2.24 bits per heavy atom. The van der Waals surface area contributed by atoms with Crippen molar-refractivity contribution in [2.75, 3.05) is 0 Å². The Hall–Kier alpha value is -2.41. The molecule has 0 aliphatic rings. The van der Waals surface area contributed by atoms with E-state index in [0.29, 0.717) is 28.6 Å². The minimum atomic E-state index is -1.09. The molecule has 3 rings (SSSR count). The molecule has 1 N–H and O–H groups in total. The molecule has 0 aliphatic carbocycles. The second kappa shape index (κ2) is 4.85. The predicted octanol–water partition coefficient (Wildman–Crippen LogP) is 2.27. The number of aromatic carboxylic acids is 1. The smallest absolute Gasteiger partial charge is 0.354 e. The normalized spacial score (nSPS) is 11.2. The van der Waals surface area contributed by atoms with E-state index in [0.717, 1.165) is 5.69 Å². The molecule has 3 heterocycles. The van der Waals surface area contributed by atoms with Crippen LogP contribution in [-0.2, 0) is 6.54 Å². The first-order chi connectivity index (χ1) is 10.0. The summed E-state index contributed by atoms with van der Waals surface area (Å²) in [6, 6.07) is 3.26. The van der Waals surface area contributed by atoms with Crippen LogP contribution in [0.2, 0.25) is 5.02 Å². The van der Waals surface area contributed by atoms with Gasteiger partial charge in [0.2, 0.25) is 0 Å². The van der Waals surface area contributed by atoms with Crippen LogP contribution in [0.5, 0.6) is 0 Å². The van der Waals surface area contributed by atoms with Gasteiger partial charge in [0.25, 0.3) is 0 Å². The van der Waals surface area contributed by atoms with Crippen LogP contribution in [0.3, 0.4) is 0 Å². The topological polar surface area (TPSA) is 85.3 Å². The number of hydrogen-bond acceptors (Lipinski definition) is 4. The van der Waals surface area contributed by atoms with E-state index in [9.17, 15) is 9.90 Å². The SMILES string of the molecule is CCn1nccc1-c1cc(C(=O)O)n2nc(C)c(Cl)c2n1. The number of rotatable bonds is 3. The molecule has 0 amide bonds. The fourth-order valence-corrected chi connectivity index (χ4v) is 2.34. The van der Waals surface area contributed by atoms with Gasteiger partial charge in [-0.25, -0.2) is 14.3 Å². The molecule has 8 heteroatoms. The van der Waals surface area contributed by atoms with E-state index in [1.165, 1.54) is 10.6 Å². The number of nitrogens with zero attached hydrogens (tertiary/aromatic N) is 5. The van der Waals surface area contributed by atoms with E-state index in [4.69, 9.17) is 11.6 Å². The van der Waals surface area contributed by atoms with Gasteiger partial charge in [0, 0.05) is 12.7 Å². The van der Waals surface area contributed by atoms with Gasteiger partial charge in [0.05, 0.1) is 17.1 Å². The van der Waals surface area contributed by atoms with Crippen LogP contribution in [0.4, 0.5) is 0 Å². The molecule has 7 nitrogen and oxygen atoms in total. The van der Waals surface area contributed by atoms with Crippen molar-refractivity contribution in [3.05, 3.63) is 34.7 Å². The fraction of sp³-hybridized carbons (Fsp3) is 0.231. The van der Waals surface area contributed by atoms with Crippen molar-refractivity contribution in [1.82, 2.24) is 24.4 Å². The molecule has 0 bridgehead atoms. The second-order valence-corrected chi connectivity index (χ2v) is 4.88. The molecule has 3 aromatic rings. The average Bonchev–Trinajstić information content (AvgIpc) is 3.04. The van der Waals surface area contributed by atoms with Gasteiger partial charge in [0.1, 0.15) is 5.02 Å². The van der Waals surface area contributed by atoms with Crippen LogP contribution < -0.4 is 0 Å². The molecule has 0 atom stereocenters. The molecule has 0 aromatic carbocycles. The lowest BCUT2D eigenvalue weighted by Crippen LogP contribution is -2.09. The minimum Gasteiger partial charge on any atom is -0.477 e. The third-order valence-corrected chi connectivity index (χ3v) is 3.63. The molecule has 21 heavy (non-hydrogen) atoms. The third-order valence-electron chi connectivity index (χ3n) is 3.19. The highest BCUT2D eigenvalue weighted by Crippen LogP contribution is 2.25. The Labute approximate surface area is 124 Å². The molecule has 108 valence electrons. The van der Waals surface area contributed by atoms with Crippen molar-refractivity contribution in [3.8, 4) is 11.4 Å². The fourth-order valence-electron chi connectivity index (χ4n) is 2.18. The van der Waals surface area contributed by atoms with Crippen LogP contribution in [0.1, 0.15) is 23.1 Å². The van der Waals surface area contributed by atoms with E-state index in [2.05, 4.69) is 15.2 Å². The molecule has 0 radical (unpaired) electrons. The van der Waals surface area contributed by atoms with Gasteiger partial charge in [-0.3, -0.25) is 4.68 Å². The summed E-state index contributed by atoms with van der Waals surface area (Å²) in [6.45, 7) is 4.31. The van der Waals surface area contributed by atoms with Crippen molar-refractivity contribution in [2.45, 2.75) is 20.4 Å². The van der Waals surface area contributed by atoms with Crippen molar-refractivity contribution in [2.24, 2.45) is 0 Å². The van der Waals surface area contributed by atoms with Gasteiger partial charge < -0.3 is 5.11 Å². The summed E-state index contributed by atoms with van der Waals surface area (Å²) in [5.74, 6) is -1.09. The molecular weight excluding hydrogens is 294 g/mol. The summed E-state index contributed by atoms with van der Waals surface area (Å²) < 4.78 is 2.98. The number of carboxylic acids is 1. The molecule has 0 aliphatic heterocycles.